The van der Waals surface area contributed by atoms with Gasteiger partial charge in [0.1, 0.15) is 11.1 Å². The number of fused-ring (bicyclic) bond motifs is 2. The SMILES string of the molecule is Cn1cccc1-c1c2c(=O)n(C)c(=O)n(CC3CC3)c2nn1Cc1c[nH]c2ccc(C(F)(F)F)cc12. The fraction of sp³-hybridized carbons (Fsp3) is 0.320. The van der Waals surface area contributed by atoms with E-state index < -0.39 is 23.0 Å². The largest absolute Gasteiger partial charge is 0.416 e. The predicted molar refractivity (Wildman–Crippen MR) is 129 cm³/mol. The lowest BCUT2D eigenvalue weighted by molar-refractivity contribution is -0.137. The van der Waals surface area contributed by atoms with Crippen molar-refractivity contribution in [2.45, 2.75) is 32.1 Å². The molecule has 0 saturated heterocycles. The molecule has 0 radical (unpaired) electrons. The van der Waals surface area contributed by atoms with E-state index in [0.29, 0.717) is 51.4 Å². The van der Waals surface area contributed by atoms with Crippen molar-refractivity contribution in [2.24, 2.45) is 20.0 Å². The highest BCUT2D eigenvalue weighted by Crippen LogP contribution is 2.34. The highest BCUT2D eigenvalue weighted by atomic mass is 19.4. The minimum absolute atomic E-state index is 0.108. The summed E-state index contributed by atoms with van der Waals surface area (Å²) in [7, 11) is 3.29. The van der Waals surface area contributed by atoms with Gasteiger partial charge in [-0.3, -0.25) is 18.6 Å². The molecule has 0 amide bonds. The monoisotopic (exact) mass is 496 g/mol. The predicted octanol–water partition coefficient (Wildman–Crippen LogP) is 3.86. The number of alkyl halides is 3. The number of H-pyrrole nitrogens is 1. The lowest BCUT2D eigenvalue weighted by Crippen LogP contribution is -2.38. The Morgan fingerprint density at radius 3 is 2.58 bits per heavy atom. The maximum Gasteiger partial charge on any atom is 0.416 e. The quantitative estimate of drug-likeness (QED) is 0.401. The average Bonchev–Trinajstić information content (AvgIpc) is 3.24. The third kappa shape index (κ3) is 3.49. The molecule has 11 heteroatoms. The maximum atomic E-state index is 13.4. The second-order valence-corrected chi connectivity index (χ2v) is 9.48. The van der Waals surface area contributed by atoms with Gasteiger partial charge in [0.15, 0.2) is 5.65 Å². The molecule has 0 bridgehead atoms. The fourth-order valence-corrected chi connectivity index (χ4v) is 4.81. The summed E-state index contributed by atoms with van der Waals surface area (Å²) in [6.07, 6.45) is 1.05. The highest BCUT2D eigenvalue weighted by molar-refractivity contribution is 5.90. The average molecular weight is 496 g/mol. The zero-order valence-electron chi connectivity index (χ0n) is 19.6. The van der Waals surface area contributed by atoms with Crippen molar-refractivity contribution < 1.29 is 13.2 Å². The lowest BCUT2D eigenvalue weighted by Gasteiger charge is -2.10. The molecule has 0 aliphatic heterocycles. The van der Waals surface area contributed by atoms with E-state index in [1.165, 1.54) is 13.1 Å². The summed E-state index contributed by atoms with van der Waals surface area (Å²) in [6.45, 7) is 0.576. The number of nitrogens with zero attached hydrogens (tertiary/aromatic N) is 5. The van der Waals surface area contributed by atoms with Gasteiger partial charge in [0, 0.05) is 43.9 Å². The first kappa shape index (κ1) is 22.4. The number of halogens is 3. The summed E-state index contributed by atoms with van der Waals surface area (Å²) in [5.41, 5.74) is 1.06. The standard InChI is InChI=1S/C25H23F3N6O2/c1-31-9-3-4-19(31)21-20-22(33(12-14-5-6-14)24(36)32(2)23(20)35)30-34(21)13-15-11-29-18-8-7-16(10-17(15)18)25(26,27)28/h3-4,7-11,14,29H,5-6,12-13H2,1-2H3. The Kier molecular flexibility index (Phi) is 4.83. The highest BCUT2D eigenvalue weighted by Gasteiger charge is 2.31. The molecule has 1 aromatic carbocycles. The van der Waals surface area contributed by atoms with Crippen LogP contribution in [0.5, 0.6) is 0 Å². The first-order valence-corrected chi connectivity index (χ1v) is 11.6. The van der Waals surface area contributed by atoms with Gasteiger partial charge in [-0.05, 0) is 54.7 Å². The van der Waals surface area contributed by atoms with Crippen LogP contribution in [-0.4, -0.2) is 28.5 Å². The second kappa shape index (κ2) is 7.74. The van der Waals surface area contributed by atoms with Crippen molar-refractivity contribution in [3.05, 3.63) is 74.7 Å². The number of nitrogens with one attached hydrogen (secondary N) is 1. The summed E-state index contributed by atoms with van der Waals surface area (Å²) < 4.78 is 46.3. The number of hydrogen-bond donors (Lipinski definition) is 1. The first-order valence-electron chi connectivity index (χ1n) is 11.6. The van der Waals surface area contributed by atoms with Crippen LogP contribution in [0, 0.1) is 5.92 Å². The van der Waals surface area contributed by atoms with Gasteiger partial charge in [0.05, 0.1) is 17.8 Å². The van der Waals surface area contributed by atoms with Crippen LogP contribution in [-0.2, 0) is 33.4 Å². The van der Waals surface area contributed by atoms with E-state index >= 15 is 0 Å². The van der Waals surface area contributed by atoms with Crippen molar-refractivity contribution in [3.8, 4) is 11.4 Å². The third-order valence-electron chi connectivity index (χ3n) is 6.96. The van der Waals surface area contributed by atoms with Crippen LogP contribution in [0.25, 0.3) is 33.3 Å². The van der Waals surface area contributed by atoms with E-state index in [9.17, 15) is 22.8 Å². The Bertz CT molecular complexity index is 1760. The zero-order valence-corrected chi connectivity index (χ0v) is 19.6. The maximum absolute atomic E-state index is 13.4. The molecule has 0 atom stereocenters. The molecule has 0 unspecified atom stereocenters. The molecule has 4 heterocycles. The van der Waals surface area contributed by atoms with Crippen molar-refractivity contribution in [3.63, 3.8) is 0 Å². The third-order valence-corrected chi connectivity index (χ3v) is 6.96. The number of hydrogen-bond acceptors (Lipinski definition) is 3. The van der Waals surface area contributed by atoms with Gasteiger partial charge >= 0.3 is 11.9 Å². The van der Waals surface area contributed by atoms with E-state index in [-0.39, 0.29) is 6.54 Å². The lowest BCUT2D eigenvalue weighted by atomic mass is 10.1. The van der Waals surface area contributed by atoms with Crippen LogP contribution in [0.1, 0.15) is 24.0 Å². The topological polar surface area (TPSA) is 82.5 Å². The molecular weight excluding hydrogens is 473 g/mol. The Hall–Kier alpha value is -4.02. The number of aromatic amines is 1. The van der Waals surface area contributed by atoms with Crippen molar-refractivity contribution in [1.29, 1.82) is 0 Å². The van der Waals surface area contributed by atoms with Crippen LogP contribution < -0.4 is 11.2 Å². The van der Waals surface area contributed by atoms with E-state index in [2.05, 4.69) is 4.98 Å². The van der Waals surface area contributed by atoms with E-state index in [4.69, 9.17) is 5.10 Å². The molecule has 1 aliphatic rings. The van der Waals surface area contributed by atoms with Crippen LogP contribution in [0.4, 0.5) is 13.2 Å². The Labute approximate surface area is 202 Å². The van der Waals surface area contributed by atoms with Crippen LogP contribution in [0.15, 0.2) is 52.3 Å². The number of rotatable bonds is 5. The molecule has 4 aromatic heterocycles. The normalized spacial score (nSPS) is 14.4. The molecule has 36 heavy (non-hydrogen) atoms. The molecule has 0 spiro atoms. The first-order chi connectivity index (χ1) is 17.1. The minimum atomic E-state index is -4.47. The molecule has 8 nitrogen and oxygen atoms in total. The van der Waals surface area contributed by atoms with E-state index in [0.717, 1.165) is 29.5 Å². The molecular formula is C25H23F3N6O2. The van der Waals surface area contributed by atoms with Crippen molar-refractivity contribution >= 4 is 21.9 Å². The van der Waals surface area contributed by atoms with Gasteiger partial charge in [0.2, 0.25) is 0 Å². The van der Waals surface area contributed by atoms with Gasteiger partial charge in [-0.1, -0.05) is 0 Å². The molecule has 1 N–H and O–H groups in total. The summed E-state index contributed by atoms with van der Waals surface area (Å²) in [6, 6.07) is 7.25. The minimum Gasteiger partial charge on any atom is -0.361 e. The van der Waals surface area contributed by atoms with Gasteiger partial charge < -0.3 is 9.55 Å². The number of aromatic nitrogens is 6. The smallest absolute Gasteiger partial charge is 0.361 e. The second-order valence-electron chi connectivity index (χ2n) is 9.48. The molecule has 1 fully saturated rings. The molecule has 1 aliphatic carbocycles. The molecule has 186 valence electrons. The van der Waals surface area contributed by atoms with Gasteiger partial charge in [0.25, 0.3) is 5.56 Å². The zero-order chi connectivity index (χ0) is 25.4. The van der Waals surface area contributed by atoms with Gasteiger partial charge in [-0.15, -0.1) is 0 Å². The molecule has 5 aromatic rings. The summed E-state index contributed by atoms with van der Waals surface area (Å²) >= 11 is 0. The summed E-state index contributed by atoms with van der Waals surface area (Å²) in [5, 5.41) is 5.46. The van der Waals surface area contributed by atoms with Gasteiger partial charge in [-0.2, -0.15) is 18.3 Å². The fourth-order valence-electron chi connectivity index (χ4n) is 4.81. The summed E-state index contributed by atoms with van der Waals surface area (Å²) in [5.74, 6) is 0.362. The summed E-state index contributed by atoms with van der Waals surface area (Å²) in [4.78, 5) is 29.4. The molecule has 1 saturated carbocycles. The Morgan fingerprint density at radius 1 is 1.14 bits per heavy atom. The Balaban J connectivity index is 1.61. The van der Waals surface area contributed by atoms with Gasteiger partial charge in [-0.25, -0.2) is 4.79 Å². The van der Waals surface area contributed by atoms with Crippen molar-refractivity contribution in [1.82, 2.24) is 28.5 Å². The number of aryl methyl sites for hydroxylation is 1. The van der Waals surface area contributed by atoms with Crippen LogP contribution in [0.2, 0.25) is 0 Å². The van der Waals surface area contributed by atoms with Crippen molar-refractivity contribution in [2.75, 3.05) is 0 Å². The number of benzene rings is 1. The van der Waals surface area contributed by atoms with E-state index in [1.54, 1.807) is 15.4 Å². The van der Waals surface area contributed by atoms with Crippen LogP contribution >= 0.6 is 0 Å². The Morgan fingerprint density at radius 2 is 1.92 bits per heavy atom. The van der Waals surface area contributed by atoms with Crippen LogP contribution in [0.3, 0.4) is 0 Å². The van der Waals surface area contributed by atoms with E-state index in [1.807, 2.05) is 29.9 Å². The molecule has 6 rings (SSSR count).